The maximum absolute atomic E-state index is 15.2. The molecule has 8 heteroatoms. The molecule has 7 rings (SSSR count). The first-order valence-corrected chi connectivity index (χ1v) is 21.6. The van der Waals surface area contributed by atoms with Crippen LogP contribution < -0.4 is 5.32 Å². The quantitative estimate of drug-likeness (QED) is 0.169. The number of fused-ring (bicyclic) bond motifs is 1. The maximum Gasteiger partial charge on any atom is 0.342 e. The van der Waals surface area contributed by atoms with Crippen molar-refractivity contribution in [2.75, 3.05) is 0 Å². The number of hydrogen-bond donors (Lipinski definition) is 3. The molecular weight excluding hydrogens is 735 g/mol. The molecule has 1 fully saturated rings. The summed E-state index contributed by atoms with van der Waals surface area (Å²) in [7, 11) is 0. The number of aromatic amines is 1. The first kappa shape index (κ1) is 42.2. The molecule has 3 N–H and O–H groups in total. The van der Waals surface area contributed by atoms with Crippen molar-refractivity contribution in [3.63, 3.8) is 0 Å². The van der Waals surface area contributed by atoms with Gasteiger partial charge in [0, 0.05) is 28.7 Å². The summed E-state index contributed by atoms with van der Waals surface area (Å²) in [5.41, 5.74) is 7.25. The van der Waals surface area contributed by atoms with Gasteiger partial charge in [0.05, 0.1) is 22.5 Å². The second kappa shape index (κ2) is 15.6. The van der Waals surface area contributed by atoms with Crippen molar-refractivity contribution in [2.45, 2.75) is 121 Å². The van der Waals surface area contributed by atoms with Crippen LogP contribution in [0.2, 0.25) is 0 Å². The molecule has 8 nitrogen and oxygen atoms in total. The number of aliphatic hydroxyl groups is 1. The molecule has 0 spiro atoms. The zero-order chi connectivity index (χ0) is 42.9. The highest BCUT2D eigenvalue weighted by molar-refractivity contribution is 6.41. The van der Waals surface area contributed by atoms with Gasteiger partial charge in [0.1, 0.15) is 23.3 Å². The van der Waals surface area contributed by atoms with Crippen LogP contribution in [-0.4, -0.2) is 39.7 Å². The first-order chi connectivity index (χ1) is 27.7. The van der Waals surface area contributed by atoms with Gasteiger partial charge in [-0.2, -0.15) is 0 Å². The molecular formula is C51H63N3O5. The molecule has 2 aromatic carbocycles. The lowest BCUT2D eigenvalue weighted by atomic mass is 9.59. The molecule has 4 aliphatic rings. The second-order valence-electron chi connectivity index (χ2n) is 20.2. The van der Waals surface area contributed by atoms with Crippen molar-refractivity contribution in [1.82, 2.24) is 10.3 Å². The van der Waals surface area contributed by atoms with E-state index in [1.54, 1.807) is 6.07 Å². The van der Waals surface area contributed by atoms with Gasteiger partial charge in [-0.1, -0.05) is 117 Å². The molecule has 4 atom stereocenters. The Morgan fingerprint density at radius 3 is 2.12 bits per heavy atom. The zero-order valence-electron chi connectivity index (χ0n) is 37.1. The summed E-state index contributed by atoms with van der Waals surface area (Å²) < 4.78 is 6.81. The van der Waals surface area contributed by atoms with Gasteiger partial charge in [0.15, 0.2) is 0 Å². The number of amidine groups is 1. The standard InChI is InChI=1S/C51H63N3O5/c1-13-31-25-34-30(6)42(52-37(34)24-28(31)4)40-44(55)41(45(40)56)43-38(32-17-15-14-16-18-32)39(47(53-43)54-48(57)33-20-19-26(2)21-29(33)5)49(58)59-46-35(50(7,8)9)22-27(3)23-36(46)51(10,11)12/h14-21,27-28,31,35-36,46,52,55H,13,22-25H2,1-12H3,(H,53,54,57). The monoisotopic (exact) mass is 797 g/mol. The van der Waals surface area contributed by atoms with E-state index in [0.29, 0.717) is 40.1 Å². The highest BCUT2D eigenvalue weighted by atomic mass is 16.5. The van der Waals surface area contributed by atoms with Gasteiger partial charge in [0.25, 0.3) is 5.91 Å². The topological polar surface area (TPSA) is 121 Å². The number of aliphatic hydroxyl groups excluding tert-OH is 1. The number of H-pyrrole nitrogens is 1. The number of rotatable bonds is 6. The summed E-state index contributed by atoms with van der Waals surface area (Å²) in [5, 5.41) is 15.0. The normalized spacial score (nSPS) is 26.1. The number of nitrogens with one attached hydrogen (secondary N) is 2. The highest BCUT2D eigenvalue weighted by Crippen LogP contribution is 2.51. The molecule has 0 saturated heterocycles. The van der Waals surface area contributed by atoms with Crippen molar-refractivity contribution in [3.8, 4) is 0 Å². The number of Topliss-reactive ketones (excluding diaryl/α,β-unsaturated/α-hetero) is 1. The number of aliphatic imine (C=N–C) groups is 1. The molecule has 2 heterocycles. The third-order valence-electron chi connectivity index (χ3n) is 13.8. The van der Waals surface area contributed by atoms with E-state index in [-0.39, 0.29) is 62.5 Å². The van der Waals surface area contributed by atoms with E-state index in [1.807, 2.05) is 63.2 Å². The van der Waals surface area contributed by atoms with E-state index in [2.05, 4.69) is 72.6 Å². The van der Waals surface area contributed by atoms with Crippen molar-refractivity contribution >= 4 is 34.6 Å². The van der Waals surface area contributed by atoms with Gasteiger partial charge < -0.3 is 20.1 Å². The summed E-state index contributed by atoms with van der Waals surface area (Å²) in [5.74, 6) is 0.0304. The Hall–Kier alpha value is -4.98. The molecule has 0 radical (unpaired) electrons. The van der Waals surface area contributed by atoms with Gasteiger partial charge in [0.2, 0.25) is 5.78 Å². The Bertz CT molecular complexity index is 2320. The number of aromatic nitrogens is 1. The van der Waals surface area contributed by atoms with Crippen LogP contribution in [-0.2, 0) is 27.2 Å². The third kappa shape index (κ3) is 7.68. The minimum absolute atomic E-state index is 0.00899. The molecule has 0 bridgehead atoms. The Morgan fingerprint density at radius 1 is 0.898 bits per heavy atom. The summed E-state index contributed by atoms with van der Waals surface area (Å²) in [6.07, 6.45) is 4.30. The fourth-order valence-corrected chi connectivity index (χ4v) is 10.4. The van der Waals surface area contributed by atoms with Gasteiger partial charge in [-0.25, -0.2) is 9.79 Å². The number of hydrogen-bond acceptors (Lipinski definition) is 6. The zero-order valence-corrected chi connectivity index (χ0v) is 37.1. The summed E-state index contributed by atoms with van der Waals surface area (Å²) >= 11 is 0. The predicted octanol–water partition coefficient (Wildman–Crippen LogP) is 10.8. The molecule has 1 aliphatic heterocycles. The number of carbonyl (C=O) groups excluding carboxylic acids is 3. The predicted molar refractivity (Wildman–Crippen MR) is 236 cm³/mol. The van der Waals surface area contributed by atoms with Crippen LogP contribution >= 0.6 is 0 Å². The number of allylic oxidation sites excluding steroid dienone is 3. The number of amides is 1. The number of carbonyl (C=O) groups is 3. The van der Waals surface area contributed by atoms with E-state index < -0.39 is 18.0 Å². The lowest BCUT2D eigenvalue weighted by Crippen LogP contribution is -2.50. The van der Waals surface area contributed by atoms with Crippen LogP contribution in [0.1, 0.15) is 131 Å². The lowest BCUT2D eigenvalue weighted by molar-refractivity contribution is -0.164. The van der Waals surface area contributed by atoms with E-state index >= 15 is 4.79 Å². The van der Waals surface area contributed by atoms with Crippen LogP contribution in [0, 0.1) is 61.2 Å². The van der Waals surface area contributed by atoms with Gasteiger partial charge in [-0.05, 0) is 103 Å². The molecule has 1 amide bonds. The van der Waals surface area contributed by atoms with E-state index in [9.17, 15) is 14.7 Å². The van der Waals surface area contributed by atoms with Gasteiger partial charge in [-0.3, -0.25) is 9.59 Å². The second-order valence-corrected chi connectivity index (χ2v) is 20.2. The number of ketones is 1. The third-order valence-corrected chi connectivity index (χ3v) is 13.8. The fourth-order valence-electron chi connectivity index (χ4n) is 10.4. The molecule has 3 aliphatic carbocycles. The van der Waals surface area contributed by atoms with Crippen LogP contribution in [0.15, 0.2) is 76.1 Å². The number of nitrogens with zero attached hydrogens (tertiary/aromatic N) is 1. The number of benzene rings is 2. The first-order valence-electron chi connectivity index (χ1n) is 21.6. The highest BCUT2D eigenvalue weighted by Gasteiger charge is 2.50. The average Bonchev–Trinajstić information content (AvgIpc) is 3.66. The molecule has 1 saturated carbocycles. The minimum atomic E-state index is -0.620. The smallest absolute Gasteiger partial charge is 0.342 e. The van der Waals surface area contributed by atoms with E-state index in [1.165, 1.54) is 5.56 Å². The Kier molecular flexibility index (Phi) is 11.1. The molecule has 4 unspecified atom stereocenters. The van der Waals surface area contributed by atoms with Crippen molar-refractivity contribution in [2.24, 2.45) is 45.4 Å². The minimum Gasteiger partial charge on any atom is -0.506 e. The van der Waals surface area contributed by atoms with E-state index in [4.69, 9.17) is 9.73 Å². The average molecular weight is 798 g/mol. The van der Waals surface area contributed by atoms with Crippen LogP contribution in [0.3, 0.4) is 0 Å². The van der Waals surface area contributed by atoms with Crippen LogP contribution in [0.25, 0.3) is 11.1 Å². The largest absolute Gasteiger partial charge is 0.506 e. The Morgan fingerprint density at radius 2 is 1.54 bits per heavy atom. The van der Waals surface area contributed by atoms with Gasteiger partial charge in [-0.15, -0.1) is 0 Å². The number of ether oxygens (including phenoxy) is 1. The summed E-state index contributed by atoms with van der Waals surface area (Å²) in [6.45, 7) is 25.9. The molecule has 1 aromatic heterocycles. The summed E-state index contributed by atoms with van der Waals surface area (Å²) in [4.78, 5) is 52.4. The SMILES string of the molecule is CCC1Cc2c([nH]c(C3=C(O)C(=C4N=C(NC(=O)c5ccc(C)cc5C)C(C(=O)OC5C(C(C)(C)C)CC(C)CC5C(C)(C)C)=C4c4ccccc4)C3=O)c2C)CC1C. The Labute approximate surface area is 350 Å². The molecule has 312 valence electrons. The fraction of sp³-hybridized carbons (Fsp3) is 0.490. The Balaban J connectivity index is 1.41. The summed E-state index contributed by atoms with van der Waals surface area (Å²) in [6, 6.07) is 14.9. The van der Waals surface area contributed by atoms with Crippen molar-refractivity contribution in [3.05, 3.63) is 116 Å². The van der Waals surface area contributed by atoms with Crippen LogP contribution in [0.4, 0.5) is 0 Å². The van der Waals surface area contributed by atoms with Crippen molar-refractivity contribution in [1.29, 1.82) is 0 Å². The van der Waals surface area contributed by atoms with Crippen LogP contribution in [0.5, 0.6) is 0 Å². The number of esters is 1. The molecule has 3 aromatic rings. The van der Waals surface area contributed by atoms with Crippen molar-refractivity contribution < 1.29 is 24.2 Å². The molecule has 59 heavy (non-hydrogen) atoms. The lowest BCUT2D eigenvalue weighted by Gasteiger charge is -2.50. The van der Waals surface area contributed by atoms with E-state index in [0.717, 1.165) is 54.5 Å². The van der Waals surface area contributed by atoms with Gasteiger partial charge >= 0.3 is 5.97 Å². The maximum atomic E-state index is 15.2. The number of aryl methyl sites for hydroxylation is 2.